The molecular formula is C12H22N2. The van der Waals surface area contributed by atoms with E-state index in [-0.39, 0.29) is 0 Å². The molecule has 80 valence electrons. The van der Waals surface area contributed by atoms with Crippen LogP contribution in [0.3, 0.4) is 0 Å². The lowest BCUT2D eigenvalue weighted by Crippen LogP contribution is -2.28. The van der Waals surface area contributed by atoms with Crippen LogP contribution >= 0.6 is 0 Å². The van der Waals surface area contributed by atoms with E-state index in [9.17, 15) is 0 Å². The maximum Gasteiger partial charge on any atom is 0.0359 e. The van der Waals surface area contributed by atoms with Crippen molar-refractivity contribution in [3.05, 3.63) is 24.0 Å². The Balaban J connectivity index is 2.32. The van der Waals surface area contributed by atoms with Crippen LogP contribution in [0.4, 0.5) is 0 Å². The quantitative estimate of drug-likeness (QED) is 0.762. The van der Waals surface area contributed by atoms with Gasteiger partial charge in [-0.2, -0.15) is 0 Å². The highest BCUT2D eigenvalue weighted by molar-refractivity contribution is 5.05. The van der Waals surface area contributed by atoms with Crippen molar-refractivity contribution in [2.45, 2.75) is 33.7 Å². The van der Waals surface area contributed by atoms with E-state index in [0.717, 1.165) is 13.1 Å². The fourth-order valence-electron chi connectivity index (χ4n) is 1.33. The summed E-state index contributed by atoms with van der Waals surface area (Å²) in [6.07, 6.45) is 3.30. The number of aromatic nitrogens is 1. The first-order valence-electron chi connectivity index (χ1n) is 5.36. The van der Waals surface area contributed by atoms with Gasteiger partial charge in [-0.15, -0.1) is 0 Å². The lowest BCUT2D eigenvalue weighted by Gasteiger charge is -2.23. The van der Waals surface area contributed by atoms with Crippen LogP contribution in [0, 0.1) is 5.41 Å². The minimum atomic E-state index is 0.408. The molecule has 2 heteroatoms. The molecule has 0 radical (unpaired) electrons. The Labute approximate surface area is 87.3 Å². The van der Waals surface area contributed by atoms with Crippen molar-refractivity contribution in [2.75, 3.05) is 6.54 Å². The Kier molecular flexibility index (Phi) is 3.76. The Morgan fingerprint density at radius 1 is 1.43 bits per heavy atom. The molecule has 1 aromatic heterocycles. The molecule has 1 N–H and O–H groups in total. The fraction of sp³-hybridized carbons (Fsp3) is 0.667. The van der Waals surface area contributed by atoms with Gasteiger partial charge in [0, 0.05) is 32.0 Å². The minimum absolute atomic E-state index is 0.408. The summed E-state index contributed by atoms with van der Waals surface area (Å²) < 4.78 is 2.16. The lowest BCUT2D eigenvalue weighted by atomic mass is 9.90. The number of nitrogens with zero attached hydrogens (tertiary/aromatic N) is 1. The highest BCUT2D eigenvalue weighted by Gasteiger charge is 2.13. The van der Waals surface area contributed by atoms with Crippen LogP contribution < -0.4 is 5.32 Å². The number of hydrogen-bond acceptors (Lipinski definition) is 1. The topological polar surface area (TPSA) is 17.0 Å². The van der Waals surface area contributed by atoms with Gasteiger partial charge >= 0.3 is 0 Å². The molecule has 1 heterocycles. The molecule has 0 saturated carbocycles. The molecule has 0 fully saturated rings. The molecule has 0 aliphatic carbocycles. The molecule has 1 rings (SSSR count). The Bertz CT molecular complexity index is 274. The monoisotopic (exact) mass is 194 g/mol. The van der Waals surface area contributed by atoms with Crippen LogP contribution in [-0.2, 0) is 13.6 Å². The van der Waals surface area contributed by atoms with Gasteiger partial charge in [-0.1, -0.05) is 20.8 Å². The number of hydrogen-bond donors (Lipinski definition) is 1. The van der Waals surface area contributed by atoms with Gasteiger partial charge in [0.1, 0.15) is 0 Å². The molecule has 0 unspecified atom stereocenters. The average Bonchev–Trinajstić information content (AvgIpc) is 2.52. The maximum atomic E-state index is 3.50. The van der Waals surface area contributed by atoms with Crippen molar-refractivity contribution >= 4 is 0 Å². The van der Waals surface area contributed by atoms with Crippen molar-refractivity contribution in [1.29, 1.82) is 0 Å². The van der Waals surface area contributed by atoms with Crippen molar-refractivity contribution in [1.82, 2.24) is 9.88 Å². The van der Waals surface area contributed by atoms with Crippen molar-refractivity contribution < 1.29 is 0 Å². The molecule has 0 bridgehead atoms. The number of aryl methyl sites for hydroxylation is 1. The smallest absolute Gasteiger partial charge is 0.0359 e. The van der Waals surface area contributed by atoms with Gasteiger partial charge in [-0.05, 0) is 24.0 Å². The van der Waals surface area contributed by atoms with Crippen LogP contribution in [0.5, 0.6) is 0 Å². The zero-order valence-corrected chi connectivity index (χ0v) is 9.80. The first-order chi connectivity index (χ1) is 6.55. The van der Waals surface area contributed by atoms with Gasteiger partial charge in [0.15, 0.2) is 0 Å². The zero-order valence-electron chi connectivity index (χ0n) is 9.80. The molecule has 0 aliphatic heterocycles. The minimum Gasteiger partial charge on any atom is -0.353 e. The second kappa shape index (κ2) is 4.65. The Hall–Kier alpha value is -0.760. The first kappa shape index (κ1) is 11.3. The van der Waals surface area contributed by atoms with Gasteiger partial charge in [0.2, 0.25) is 0 Å². The summed E-state index contributed by atoms with van der Waals surface area (Å²) in [7, 11) is 2.09. The highest BCUT2D eigenvalue weighted by atomic mass is 15.0. The zero-order chi connectivity index (χ0) is 10.6. The van der Waals surface area contributed by atoms with Crippen LogP contribution in [0.25, 0.3) is 0 Å². The Morgan fingerprint density at radius 2 is 2.14 bits per heavy atom. The van der Waals surface area contributed by atoms with E-state index in [2.05, 4.69) is 56.0 Å². The average molecular weight is 194 g/mol. The maximum absolute atomic E-state index is 3.50. The molecule has 0 saturated heterocycles. The summed E-state index contributed by atoms with van der Waals surface area (Å²) in [6, 6.07) is 4.24. The van der Waals surface area contributed by atoms with E-state index < -0.39 is 0 Å². The van der Waals surface area contributed by atoms with Crippen molar-refractivity contribution in [3.63, 3.8) is 0 Å². The first-order valence-corrected chi connectivity index (χ1v) is 5.36. The van der Waals surface area contributed by atoms with Crippen LogP contribution in [0.2, 0.25) is 0 Å². The van der Waals surface area contributed by atoms with E-state index in [0.29, 0.717) is 5.41 Å². The molecule has 14 heavy (non-hydrogen) atoms. The summed E-state index contributed by atoms with van der Waals surface area (Å²) in [5.41, 5.74) is 1.75. The van der Waals surface area contributed by atoms with Gasteiger partial charge < -0.3 is 9.88 Å². The molecule has 1 aromatic rings. The Morgan fingerprint density at radius 3 is 2.64 bits per heavy atom. The third kappa shape index (κ3) is 3.18. The standard InChI is InChI=1S/C12H22N2/c1-5-12(2,3)10-13-9-11-7-6-8-14(11)4/h6-8,13H,5,9-10H2,1-4H3. The normalized spacial score (nSPS) is 12.0. The SMILES string of the molecule is CCC(C)(C)CNCc1cccn1C. The van der Waals surface area contributed by atoms with Crippen molar-refractivity contribution in [3.8, 4) is 0 Å². The number of nitrogens with one attached hydrogen (secondary N) is 1. The van der Waals surface area contributed by atoms with Gasteiger partial charge in [0.25, 0.3) is 0 Å². The molecule has 0 aliphatic rings. The van der Waals surface area contributed by atoms with E-state index in [1.54, 1.807) is 0 Å². The third-order valence-corrected chi connectivity index (χ3v) is 2.92. The van der Waals surface area contributed by atoms with Gasteiger partial charge in [-0.25, -0.2) is 0 Å². The third-order valence-electron chi connectivity index (χ3n) is 2.92. The molecule has 0 atom stereocenters. The number of rotatable bonds is 5. The molecule has 0 spiro atoms. The predicted octanol–water partition coefficient (Wildman–Crippen LogP) is 2.55. The van der Waals surface area contributed by atoms with Crippen LogP contribution in [0.1, 0.15) is 32.9 Å². The second-order valence-corrected chi connectivity index (χ2v) is 4.73. The van der Waals surface area contributed by atoms with E-state index in [1.165, 1.54) is 12.1 Å². The molecular weight excluding hydrogens is 172 g/mol. The van der Waals surface area contributed by atoms with E-state index in [4.69, 9.17) is 0 Å². The largest absolute Gasteiger partial charge is 0.353 e. The van der Waals surface area contributed by atoms with E-state index in [1.807, 2.05) is 0 Å². The summed E-state index contributed by atoms with van der Waals surface area (Å²) in [5.74, 6) is 0. The summed E-state index contributed by atoms with van der Waals surface area (Å²) in [4.78, 5) is 0. The molecule has 0 amide bonds. The lowest BCUT2D eigenvalue weighted by molar-refractivity contribution is 0.326. The van der Waals surface area contributed by atoms with Crippen LogP contribution in [0.15, 0.2) is 18.3 Å². The molecule has 0 aromatic carbocycles. The highest BCUT2D eigenvalue weighted by Crippen LogP contribution is 2.17. The predicted molar refractivity (Wildman–Crippen MR) is 61.2 cm³/mol. The van der Waals surface area contributed by atoms with Gasteiger partial charge in [-0.3, -0.25) is 0 Å². The van der Waals surface area contributed by atoms with E-state index >= 15 is 0 Å². The summed E-state index contributed by atoms with van der Waals surface area (Å²) >= 11 is 0. The van der Waals surface area contributed by atoms with Crippen LogP contribution in [-0.4, -0.2) is 11.1 Å². The summed E-state index contributed by atoms with van der Waals surface area (Å²) in [6.45, 7) is 8.88. The molecule has 2 nitrogen and oxygen atoms in total. The summed E-state index contributed by atoms with van der Waals surface area (Å²) in [5, 5.41) is 3.50. The second-order valence-electron chi connectivity index (χ2n) is 4.73. The van der Waals surface area contributed by atoms with Gasteiger partial charge in [0.05, 0.1) is 0 Å². The fourth-order valence-corrected chi connectivity index (χ4v) is 1.33. The van der Waals surface area contributed by atoms with Crippen molar-refractivity contribution in [2.24, 2.45) is 12.5 Å².